The van der Waals surface area contributed by atoms with Crippen LogP contribution in [-0.2, 0) is 21.1 Å². The quantitative estimate of drug-likeness (QED) is 0.426. The highest BCUT2D eigenvalue weighted by molar-refractivity contribution is 7.99. The number of aromatic nitrogens is 2. The van der Waals surface area contributed by atoms with Crippen molar-refractivity contribution in [2.45, 2.75) is 83.0 Å². The van der Waals surface area contributed by atoms with Crippen LogP contribution in [-0.4, -0.2) is 58.5 Å². The van der Waals surface area contributed by atoms with E-state index in [1.165, 1.54) is 23.1 Å². The number of sulfone groups is 1. The van der Waals surface area contributed by atoms with Crippen LogP contribution < -0.4 is 5.56 Å². The first-order valence-electron chi connectivity index (χ1n) is 11.8. The summed E-state index contributed by atoms with van der Waals surface area (Å²) in [7, 11) is -3.07. The summed E-state index contributed by atoms with van der Waals surface area (Å²) in [6.07, 6.45) is 6.44. The number of hydrogen-bond donors (Lipinski definition) is 1. The zero-order chi connectivity index (χ0) is 23.8. The molecule has 1 N–H and O–H groups in total. The second-order valence-corrected chi connectivity index (χ2v) is 13.9. The fraction of sp³-hybridized carbons (Fsp3) is 0.696. The van der Waals surface area contributed by atoms with Crippen molar-refractivity contribution in [1.82, 2.24) is 14.9 Å². The average molecular weight is 512 g/mol. The van der Waals surface area contributed by atoms with Crippen molar-refractivity contribution >= 4 is 49.1 Å². The Morgan fingerprint density at radius 2 is 2.00 bits per heavy atom. The number of rotatable bonds is 8. The van der Waals surface area contributed by atoms with Gasteiger partial charge in [0.25, 0.3) is 5.56 Å². The van der Waals surface area contributed by atoms with Crippen LogP contribution in [0.1, 0.15) is 62.8 Å². The van der Waals surface area contributed by atoms with Crippen LogP contribution in [0.5, 0.6) is 0 Å². The maximum Gasteiger partial charge on any atom is 0.260 e. The fourth-order valence-electron chi connectivity index (χ4n) is 5.05. The molecule has 1 aliphatic carbocycles. The number of aryl methyl sites for hydroxylation is 1. The molecule has 10 heteroatoms. The minimum atomic E-state index is -3.07. The largest absolute Gasteiger partial charge is 0.335 e. The Labute approximate surface area is 203 Å². The number of hydrogen-bond acceptors (Lipinski definition) is 7. The summed E-state index contributed by atoms with van der Waals surface area (Å²) in [6, 6.07) is -0.113. The first-order valence-corrected chi connectivity index (χ1v) is 15.5. The van der Waals surface area contributed by atoms with Crippen molar-refractivity contribution in [3.05, 3.63) is 20.8 Å². The SMILES string of the molecule is CCC(C)Cc1c(C)sc2nc(SCC(=O)N(C3CCCC3)C3CCS(=O)(=O)C3)[nH]c(=O)c12. The first-order chi connectivity index (χ1) is 15.7. The molecule has 2 aromatic heterocycles. The Morgan fingerprint density at radius 3 is 2.64 bits per heavy atom. The Bertz CT molecular complexity index is 1180. The maximum atomic E-state index is 13.3. The second kappa shape index (κ2) is 10.1. The van der Waals surface area contributed by atoms with Gasteiger partial charge in [-0.25, -0.2) is 13.4 Å². The molecule has 2 fully saturated rings. The minimum Gasteiger partial charge on any atom is -0.335 e. The second-order valence-electron chi connectivity index (χ2n) is 9.49. The van der Waals surface area contributed by atoms with Crippen molar-refractivity contribution in [3.8, 4) is 0 Å². The van der Waals surface area contributed by atoms with E-state index in [1.54, 1.807) is 0 Å². The van der Waals surface area contributed by atoms with E-state index >= 15 is 0 Å². The number of fused-ring (bicyclic) bond motifs is 1. The van der Waals surface area contributed by atoms with E-state index in [-0.39, 0.29) is 40.8 Å². The lowest BCUT2D eigenvalue weighted by Crippen LogP contribution is -2.47. The van der Waals surface area contributed by atoms with E-state index < -0.39 is 9.84 Å². The van der Waals surface area contributed by atoms with Crippen LogP contribution >= 0.6 is 23.1 Å². The van der Waals surface area contributed by atoms with Crippen molar-refractivity contribution in [3.63, 3.8) is 0 Å². The molecule has 33 heavy (non-hydrogen) atoms. The molecule has 1 aliphatic heterocycles. The van der Waals surface area contributed by atoms with Gasteiger partial charge in [0.1, 0.15) is 4.83 Å². The smallest absolute Gasteiger partial charge is 0.260 e. The lowest BCUT2D eigenvalue weighted by atomic mass is 9.98. The molecule has 1 amide bonds. The summed E-state index contributed by atoms with van der Waals surface area (Å²) < 4.78 is 24.1. The van der Waals surface area contributed by atoms with Gasteiger partial charge in [0, 0.05) is 17.0 Å². The molecule has 0 aromatic carbocycles. The van der Waals surface area contributed by atoms with E-state index in [4.69, 9.17) is 0 Å². The third kappa shape index (κ3) is 5.48. The monoisotopic (exact) mass is 511 g/mol. The van der Waals surface area contributed by atoms with Crippen molar-refractivity contribution < 1.29 is 13.2 Å². The standard InChI is InChI=1S/C23H33N3O4S3/c1-4-14(2)11-18-15(3)32-22-20(18)21(28)24-23(25-22)31-12-19(27)26(16-7-5-6-8-16)17-9-10-33(29,30)13-17/h14,16-17H,4-13H2,1-3H3,(H,24,25,28). The molecular formula is C23H33N3O4S3. The van der Waals surface area contributed by atoms with E-state index in [9.17, 15) is 18.0 Å². The number of amides is 1. The molecular weight excluding hydrogens is 478 g/mol. The molecule has 0 bridgehead atoms. The Balaban J connectivity index is 1.52. The summed E-state index contributed by atoms with van der Waals surface area (Å²) >= 11 is 2.77. The number of carbonyl (C=O) groups is 1. The highest BCUT2D eigenvalue weighted by Crippen LogP contribution is 2.32. The number of nitrogens with one attached hydrogen (secondary N) is 1. The number of aromatic amines is 1. The highest BCUT2D eigenvalue weighted by atomic mass is 32.2. The molecule has 3 heterocycles. The van der Waals surface area contributed by atoms with Crippen molar-refractivity contribution in [2.75, 3.05) is 17.3 Å². The average Bonchev–Trinajstić information content (AvgIpc) is 3.47. The lowest BCUT2D eigenvalue weighted by Gasteiger charge is -2.34. The van der Waals surface area contributed by atoms with Gasteiger partial charge in [0.15, 0.2) is 15.0 Å². The van der Waals surface area contributed by atoms with Crippen LogP contribution in [0.2, 0.25) is 0 Å². The van der Waals surface area contributed by atoms with Gasteiger partial charge in [-0.1, -0.05) is 44.9 Å². The number of carbonyl (C=O) groups excluding carboxylic acids is 1. The van der Waals surface area contributed by atoms with Crippen LogP contribution in [0, 0.1) is 12.8 Å². The van der Waals surface area contributed by atoms with E-state index in [1.807, 2.05) is 11.8 Å². The van der Waals surface area contributed by atoms with Gasteiger partial charge in [0.05, 0.1) is 22.6 Å². The molecule has 4 rings (SSSR count). The van der Waals surface area contributed by atoms with Gasteiger partial charge in [-0.2, -0.15) is 0 Å². The third-order valence-electron chi connectivity index (χ3n) is 7.03. The maximum absolute atomic E-state index is 13.3. The first kappa shape index (κ1) is 24.7. The van der Waals surface area contributed by atoms with Gasteiger partial charge in [-0.05, 0) is 44.1 Å². The predicted octanol–water partition coefficient (Wildman–Crippen LogP) is 3.93. The summed E-state index contributed by atoms with van der Waals surface area (Å²) in [5.74, 6) is 0.800. The van der Waals surface area contributed by atoms with Gasteiger partial charge in [-0.15, -0.1) is 11.3 Å². The molecule has 2 aliphatic rings. The normalized spacial score (nSPS) is 21.6. The van der Waals surface area contributed by atoms with E-state index in [0.717, 1.165) is 53.8 Å². The topological polar surface area (TPSA) is 100 Å². The zero-order valence-corrected chi connectivity index (χ0v) is 22.0. The van der Waals surface area contributed by atoms with Crippen LogP contribution in [0.3, 0.4) is 0 Å². The van der Waals surface area contributed by atoms with Crippen LogP contribution in [0.4, 0.5) is 0 Å². The summed E-state index contributed by atoms with van der Waals surface area (Å²) in [6.45, 7) is 6.37. The van der Waals surface area contributed by atoms with Crippen LogP contribution in [0.25, 0.3) is 10.2 Å². The molecule has 1 saturated carbocycles. The number of thioether (sulfide) groups is 1. The Hall–Kier alpha value is -1.39. The summed E-state index contributed by atoms with van der Waals surface area (Å²) in [5, 5.41) is 1.12. The number of thiophene rings is 1. The number of H-pyrrole nitrogens is 1. The fourth-order valence-corrected chi connectivity index (χ4v) is 8.60. The molecule has 7 nitrogen and oxygen atoms in total. The minimum absolute atomic E-state index is 0.0587. The van der Waals surface area contributed by atoms with E-state index in [2.05, 4.69) is 23.8 Å². The highest BCUT2D eigenvalue weighted by Gasteiger charge is 2.38. The number of nitrogens with zero attached hydrogens (tertiary/aromatic N) is 2. The molecule has 182 valence electrons. The van der Waals surface area contributed by atoms with Crippen molar-refractivity contribution in [1.29, 1.82) is 0 Å². The predicted molar refractivity (Wildman–Crippen MR) is 135 cm³/mol. The van der Waals surface area contributed by atoms with Crippen LogP contribution in [0.15, 0.2) is 9.95 Å². The molecule has 2 aromatic rings. The Morgan fingerprint density at radius 1 is 1.27 bits per heavy atom. The Kier molecular flexibility index (Phi) is 7.55. The molecule has 0 radical (unpaired) electrons. The lowest BCUT2D eigenvalue weighted by molar-refractivity contribution is -0.132. The van der Waals surface area contributed by atoms with Crippen molar-refractivity contribution in [2.24, 2.45) is 5.92 Å². The molecule has 1 saturated heterocycles. The summed E-state index contributed by atoms with van der Waals surface area (Å²) in [4.78, 5) is 37.4. The molecule has 0 spiro atoms. The van der Waals surface area contributed by atoms with Gasteiger partial charge in [0.2, 0.25) is 5.91 Å². The van der Waals surface area contributed by atoms with E-state index in [0.29, 0.717) is 22.9 Å². The van der Waals surface area contributed by atoms with Gasteiger partial charge < -0.3 is 9.88 Å². The third-order valence-corrected chi connectivity index (χ3v) is 10.7. The zero-order valence-electron chi connectivity index (χ0n) is 19.6. The molecule has 2 unspecified atom stereocenters. The van der Waals surface area contributed by atoms with Gasteiger partial charge in [-0.3, -0.25) is 9.59 Å². The summed E-state index contributed by atoms with van der Waals surface area (Å²) in [5.41, 5.74) is 0.938. The molecule has 2 atom stereocenters. The van der Waals surface area contributed by atoms with Gasteiger partial charge >= 0.3 is 0 Å².